The van der Waals surface area contributed by atoms with Crippen LogP contribution in [0.2, 0.25) is 5.02 Å². The van der Waals surface area contributed by atoms with Gasteiger partial charge >= 0.3 is 0 Å². The van der Waals surface area contributed by atoms with Crippen LogP contribution in [0.25, 0.3) is 0 Å². The molecule has 0 spiro atoms. The molecule has 0 aliphatic rings. The van der Waals surface area contributed by atoms with Crippen LogP contribution in [0, 0.1) is 13.8 Å². The Morgan fingerprint density at radius 2 is 1.90 bits per heavy atom. The SMILES string of the molecule is Cc1ccc(C)c(C(C)NCc2cc(Cl)ccc2Br)c1. The molecule has 1 N–H and O–H groups in total. The van der Waals surface area contributed by atoms with Gasteiger partial charge < -0.3 is 5.32 Å². The Hall–Kier alpha value is -0.830. The fourth-order valence-electron chi connectivity index (χ4n) is 2.28. The minimum Gasteiger partial charge on any atom is -0.306 e. The lowest BCUT2D eigenvalue weighted by molar-refractivity contribution is 0.571. The van der Waals surface area contributed by atoms with Crippen LogP contribution in [0.4, 0.5) is 0 Å². The molecule has 0 amide bonds. The Morgan fingerprint density at radius 3 is 2.65 bits per heavy atom. The summed E-state index contributed by atoms with van der Waals surface area (Å²) in [6.45, 7) is 7.27. The molecule has 0 aliphatic carbocycles. The van der Waals surface area contributed by atoms with Crippen molar-refractivity contribution >= 4 is 27.5 Å². The largest absolute Gasteiger partial charge is 0.306 e. The predicted octanol–water partition coefficient (Wildman–Crippen LogP) is 5.57. The van der Waals surface area contributed by atoms with Gasteiger partial charge in [-0.05, 0) is 55.7 Å². The van der Waals surface area contributed by atoms with Gasteiger partial charge in [-0.3, -0.25) is 0 Å². The number of hydrogen-bond acceptors (Lipinski definition) is 1. The van der Waals surface area contributed by atoms with Crippen molar-refractivity contribution in [2.75, 3.05) is 0 Å². The van der Waals surface area contributed by atoms with E-state index in [9.17, 15) is 0 Å². The zero-order chi connectivity index (χ0) is 14.7. The molecular weight excluding hydrogens is 334 g/mol. The van der Waals surface area contributed by atoms with E-state index in [0.717, 1.165) is 16.0 Å². The van der Waals surface area contributed by atoms with Gasteiger partial charge in [0.2, 0.25) is 0 Å². The van der Waals surface area contributed by atoms with Crippen molar-refractivity contribution in [3.05, 3.63) is 68.1 Å². The quantitative estimate of drug-likeness (QED) is 0.758. The van der Waals surface area contributed by atoms with Gasteiger partial charge in [0.1, 0.15) is 0 Å². The fraction of sp³-hybridized carbons (Fsp3) is 0.294. The summed E-state index contributed by atoms with van der Waals surface area (Å²) in [5.74, 6) is 0. The lowest BCUT2D eigenvalue weighted by Gasteiger charge is -2.18. The maximum atomic E-state index is 6.05. The Bertz CT molecular complexity index is 610. The molecular formula is C17H19BrClN. The standard InChI is InChI=1S/C17H19BrClN/c1-11-4-5-12(2)16(8-11)13(3)20-10-14-9-15(19)6-7-17(14)18/h4-9,13,20H,10H2,1-3H3. The van der Waals surface area contributed by atoms with Gasteiger partial charge in [0.05, 0.1) is 0 Å². The lowest BCUT2D eigenvalue weighted by Crippen LogP contribution is -2.19. The van der Waals surface area contributed by atoms with Crippen molar-refractivity contribution < 1.29 is 0 Å². The van der Waals surface area contributed by atoms with Crippen LogP contribution in [-0.4, -0.2) is 0 Å². The van der Waals surface area contributed by atoms with E-state index in [2.05, 4.69) is 60.2 Å². The van der Waals surface area contributed by atoms with Crippen molar-refractivity contribution in [2.45, 2.75) is 33.4 Å². The van der Waals surface area contributed by atoms with Gasteiger partial charge in [-0.25, -0.2) is 0 Å². The van der Waals surface area contributed by atoms with E-state index in [-0.39, 0.29) is 0 Å². The Kier molecular flexibility index (Phi) is 5.25. The normalized spacial score (nSPS) is 12.4. The molecule has 1 unspecified atom stereocenters. The molecule has 1 nitrogen and oxygen atoms in total. The van der Waals surface area contributed by atoms with Crippen molar-refractivity contribution in [1.82, 2.24) is 5.32 Å². The van der Waals surface area contributed by atoms with Gasteiger partial charge in [-0.15, -0.1) is 0 Å². The van der Waals surface area contributed by atoms with Crippen LogP contribution >= 0.6 is 27.5 Å². The molecule has 0 radical (unpaired) electrons. The van der Waals surface area contributed by atoms with E-state index >= 15 is 0 Å². The number of nitrogens with one attached hydrogen (secondary N) is 1. The van der Waals surface area contributed by atoms with Crippen LogP contribution in [0.15, 0.2) is 40.9 Å². The summed E-state index contributed by atoms with van der Waals surface area (Å²) < 4.78 is 1.09. The highest BCUT2D eigenvalue weighted by Crippen LogP contribution is 2.23. The molecule has 0 aromatic heterocycles. The summed E-state index contributed by atoms with van der Waals surface area (Å²) in [6, 6.07) is 12.8. The van der Waals surface area contributed by atoms with Crippen molar-refractivity contribution in [3.63, 3.8) is 0 Å². The van der Waals surface area contributed by atoms with Gasteiger partial charge in [0.25, 0.3) is 0 Å². The number of hydrogen-bond donors (Lipinski definition) is 1. The second-order valence-electron chi connectivity index (χ2n) is 5.20. The number of benzene rings is 2. The van der Waals surface area contributed by atoms with Crippen LogP contribution < -0.4 is 5.32 Å². The first-order valence-corrected chi connectivity index (χ1v) is 7.89. The topological polar surface area (TPSA) is 12.0 Å². The molecule has 2 aromatic rings. The number of aryl methyl sites for hydroxylation is 2. The minimum atomic E-state index is 0.306. The molecule has 0 saturated heterocycles. The zero-order valence-electron chi connectivity index (χ0n) is 12.0. The Morgan fingerprint density at radius 1 is 1.15 bits per heavy atom. The van der Waals surface area contributed by atoms with Crippen LogP contribution in [0.5, 0.6) is 0 Å². The smallest absolute Gasteiger partial charge is 0.0410 e. The third kappa shape index (κ3) is 3.85. The first kappa shape index (κ1) is 15.6. The maximum Gasteiger partial charge on any atom is 0.0410 e. The average Bonchev–Trinajstić information content (AvgIpc) is 2.42. The van der Waals surface area contributed by atoms with Gasteiger partial charge in [-0.2, -0.15) is 0 Å². The monoisotopic (exact) mass is 351 g/mol. The first-order valence-electron chi connectivity index (χ1n) is 6.72. The van der Waals surface area contributed by atoms with Gasteiger partial charge in [0, 0.05) is 22.1 Å². The molecule has 2 rings (SSSR count). The van der Waals surface area contributed by atoms with E-state index in [4.69, 9.17) is 11.6 Å². The predicted molar refractivity (Wildman–Crippen MR) is 90.3 cm³/mol. The maximum absolute atomic E-state index is 6.05. The van der Waals surface area contributed by atoms with Crippen molar-refractivity contribution in [3.8, 4) is 0 Å². The summed E-state index contributed by atoms with van der Waals surface area (Å²) in [6.07, 6.45) is 0. The third-order valence-electron chi connectivity index (χ3n) is 3.51. The van der Waals surface area contributed by atoms with Crippen molar-refractivity contribution in [2.24, 2.45) is 0 Å². The lowest BCUT2D eigenvalue weighted by atomic mass is 10.00. The molecule has 0 saturated carbocycles. The molecule has 0 bridgehead atoms. The summed E-state index contributed by atoms with van der Waals surface area (Å²) >= 11 is 9.61. The number of halogens is 2. The van der Waals surface area contributed by atoms with Crippen LogP contribution in [0.1, 0.15) is 35.2 Å². The minimum absolute atomic E-state index is 0.306. The summed E-state index contributed by atoms with van der Waals surface area (Å²) in [5, 5.41) is 4.33. The fourth-order valence-corrected chi connectivity index (χ4v) is 2.86. The third-order valence-corrected chi connectivity index (χ3v) is 4.52. The van der Waals surface area contributed by atoms with Crippen LogP contribution in [0.3, 0.4) is 0 Å². The van der Waals surface area contributed by atoms with E-state index in [1.165, 1.54) is 22.3 Å². The van der Waals surface area contributed by atoms with E-state index in [1.54, 1.807) is 0 Å². The highest BCUT2D eigenvalue weighted by atomic mass is 79.9. The van der Waals surface area contributed by atoms with Crippen molar-refractivity contribution in [1.29, 1.82) is 0 Å². The summed E-state index contributed by atoms with van der Waals surface area (Å²) in [5.41, 5.74) is 5.14. The second kappa shape index (κ2) is 6.75. The molecule has 1 atom stereocenters. The highest BCUT2D eigenvalue weighted by molar-refractivity contribution is 9.10. The van der Waals surface area contributed by atoms with E-state index < -0.39 is 0 Å². The van der Waals surface area contributed by atoms with E-state index in [1.807, 2.05) is 18.2 Å². The molecule has 0 heterocycles. The highest BCUT2D eigenvalue weighted by Gasteiger charge is 2.09. The average molecular weight is 353 g/mol. The second-order valence-corrected chi connectivity index (χ2v) is 6.49. The molecule has 0 fully saturated rings. The summed E-state index contributed by atoms with van der Waals surface area (Å²) in [4.78, 5) is 0. The molecule has 3 heteroatoms. The summed E-state index contributed by atoms with van der Waals surface area (Å²) in [7, 11) is 0. The molecule has 106 valence electrons. The first-order chi connectivity index (χ1) is 9.47. The Balaban J connectivity index is 2.10. The zero-order valence-corrected chi connectivity index (χ0v) is 14.3. The van der Waals surface area contributed by atoms with Gasteiger partial charge in [0.15, 0.2) is 0 Å². The van der Waals surface area contributed by atoms with Gasteiger partial charge in [-0.1, -0.05) is 51.3 Å². The molecule has 2 aromatic carbocycles. The van der Waals surface area contributed by atoms with Crippen LogP contribution in [-0.2, 0) is 6.54 Å². The molecule has 0 aliphatic heterocycles. The van der Waals surface area contributed by atoms with E-state index in [0.29, 0.717) is 6.04 Å². The Labute approximate surface area is 134 Å². The molecule has 20 heavy (non-hydrogen) atoms. The number of rotatable bonds is 4.